The predicted octanol–water partition coefficient (Wildman–Crippen LogP) is 3.00. The highest BCUT2D eigenvalue weighted by molar-refractivity contribution is 7.99. The fraction of sp³-hybridized carbons (Fsp3) is 0.625. The van der Waals surface area contributed by atoms with Gasteiger partial charge in [-0.3, -0.25) is 4.90 Å². The van der Waals surface area contributed by atoms with E-state index in [1.54, 1.807) is 5.56 Å². The van der Waals surface area contributed by atoms with Crippen LogP contribution in [-0.4, -0.2) is 35.5 Å². The summed E-state index contributed by atoms with van der Waals surface area (Å²) >= 11 is 2.09. The molecule has 3 rings (SSSR count). The van der Waals surface area contributed by atoms with Crippen LogP contribution in [0.1, 0.15) is 42.9 Å². The van der Waals surface area contributed by atoms with Crippen LogP contribution in [0.4, 0.5) is 0 Å². The van der Waals surface area contributed by atoms with Crippen molar-refractivity contribution < 1.29 is 0 Å². The molecule has 2 fully saturated rings. The van der Waals surface area contributed by atoms with Crippen LogP contribution < -0.4 is 5.73 Å². The molecule has 0 aromatic heterocycles. The van der Waals surface area contributed by atoms with E-state index in [0.29, 0.717) is 6.04 Å². The van der Waals surface area contributed by atoms with Crippen molar-refractivity contribution in [1.29, 1.82) is 0 Å². The minimum absolute atomic E-state index is 0.417. The maximum atomic E-state index is 6.12. The molecule has 0 bridgehead atoms. The molecular formula is C16H24N2S. The minimum Gasteiger partial charge on any atom is -0.329 e. The second kappa shape index (κ2) is 5.86. The molecule has 104 valence electrons. The molecule has 2 nitrogen and oxygen atoms in total. The summed E-state index contributed by atoms with van der Waals surface area (Å²) in [7, 11) is 0. The molecule has 2 unspecified atom stereocenters. The van der Waals surface area contributed by atoms with Crippen molar-refractivity contribution in [2.24, 2.45) is 5.73 Å². The topological polar surface area (TPSA) is 29.3 Å². The molecule has 2 N–H and O–H groups in total. The SMILES string of the molecule is CC1CN(C(CN)c2ccccc2C2CC2)CCS1. The molecule has 1 aliphatic heterocycles. The molecule has 0 spiro atoms. The van der Waals surface area contributed by atoms with Crippen molar-refractivity contribution >= 4 is 11.8 Å². The van der Waals surface area contributed by atoms with Crippen LogP contribution in [0.15, 0.2) is 24.3 Å². The van der Waals surface area contributed by atoms with Crippen LogP contribution >= 0.6 is 11.8 Å². The van der Waals surface area contributed by atoms with Gasteiger partial charge in [-0.1, -0.05) is 31.2 Å². The van der Waals surface area contributed by atoms with Crippen LogP contribution in [0.3, 0.4) is 0 Å². The van der Waals surface area contributed by atoms with Gasteiger partial charge in [-0.2, -0.15) is 11.8 Å². The summed E-state index contributed by atoms with van der Waals surface area (Å²) < 4.78 is 0. The Kier molecular flexibility index (Phi) is 4.15. The van der Waals surface area contributed by atoms with E-state index in [1.807, 2.05) is 0 Å². The number of rotatable bonds is 4. The van der Waals surface area contributed by atoms with Gasteiger partial charge in [0, 0.05) is 36.7 Å². The fourth-order valence-corrected chi connectivity index (χ4v) is 4.22. The molecule has 1 saturated carbocycles. The van der Waals surface area contributed by atoms with Crippen molar-refractivity contribution in [3.05, 3.63) is 35.4 Å². The lowest BCUT2D eigenvalue weighted by Gasteiger charge is -2.37. The number of nitrogens with two attached hydrogens (primary N) is 1. The van der Waals surface area contributed by atoms with Crippen LogP contribution in [0, 0.1) is 0 Å². The first-order valence-corrected chi connectivity index (χ1v) is 8.49. The summed E-state index contributed by atoms with van der Waals surface area (Å²) in [5.41, 5.74) is 9.17. The van der Waals surface area contributed by atoms with E-state index in [4.69, 9.17) is 5.73 Å². The molecule has 1 aromatic rings. The molecule has 2 aliphatic rings. The maximum Gasteiger partial charge on any atom is 0.0474 e. The molecule has 1 heterocycles. The van der Waals surface area contributed by atoms with Crippen molar-refractivity contribution in [3.63, 3.8) is 0 Å². The van der Waals surface area contributed by atoms with E-state index in [9.17, 15) is 0 Å². The first kappa shape index (κ1) is 13.5. The van der Waals surface area contributed by atoms with Crippen molar-refractivity contribution in [2.45, 2.75) is 37.0 Å². The summed E-state index contributed by atoms with van der Waals surface area (Å²) in [5.74, 6) is 2.05. The average Bonchev–Trinajstić information content (AvgIpc) is 3.25. The zero-order valence-corrected chi connectivity index (χ0v) is 12.5. The highest BCUT2D eigenvalue weighted by Crippen LogP contribution is 2.43. The van der Waals surface area contributed by atoms with Gasteiger partial charge in [0.25, 0.3) is 0 Å². The van der Waals surface area contributed by atoms with Gasteiger partial charge < -0.3 is 5.73 Å². The Morgan fingerprint density at radius 3 is 2.84 bits per heavy atom. The van der Waals surface area contributed by atoms with Crippen molar-refractivity contribution in [1.82, 2.24) is 4.90 Å². The first-order chi connectivity index (χ1) is 9.29. The molecule has 0 amide bonds. The molecular weight excluding hydrogens is 252 g/mol. The van der Waals surface area contributed by atoms with E-state index >= 15 is 0 Å². The number of benzene rings is 1. The van der Waals surface area contributed by atoms with Crippen LogP contribution in [0.2, 0.25) is 0 Å². The van der Waals surface area contributed by atoms with E-state index in [1.165, 1.54) is 37.2 Å². The van der Waals surface area contributed by atoms with E-state index in [-0.39, 0.29) is 0 Å². The van der Waals surface area contributed by atoms with Gasteiger partial charge in [-0.25, -0.2) is 0 Å². The van der Waals surface area contributed by atoms with E-state index in [2.05, 4.69) is 47.9 Å². The molecule has 1 aromatic carbocycles. The van der Waals surface area contributed by atoms with E-state index < -0.39 is 0 Å². The monoisotopic (exact) mass is 276 g/mol. The molecule has 3 heteroatoms. The minimum atomic E-state index is 0.417. The lowest BCUT2D eigenvalue weighted by atomic mass is 9.96. The summed E-state index contributed by atoms with van der Waals surface area (Å²) in [6, 6.07) is 9.39. The van der Waals surface area contributed by atoms with Gasteiger partial charge in [0.1, 0.15) is 0 Å². The number of hydrogen-bond donors (Lipinski definition) is 1. The molecule has 2 atom stereocenters. The second-order valence-corrected chi connectivity index (χ2v) is 7.38. The van der Waals surface area contributed by atoms with Gasteiger partial charge in [0.2, 0.25) is 0 Å². The molecule has 19 heavy (non-hydrogen) atoms. The van der Waals surface area contributed by atoms with Gasteiger partial charge in [0.15, 0.2) is 0 Å². The third kappa shape index (κ3) is 2.99. The van der Waals surface area contributed by atoms with Crippen LogP contribution in [-0.2, 0) is 0 Å². The summed E-state index contributed by atoms with van der Waals surface area (Å²) in [6.45, 7) is 5.42. The third-order valence-corrected chi connectivity index (χ3v) is 5.45. The van der Waals surface area contributed by atoms with Gasteiger partial charge in [-0.15, -0.1) is 0 Å². The Morgan fingerprint density at radius 1 is 1.37 bits per heavy atom. The standard InChI is InChI=1S/C16H24N2S/c1-12-11-18(8-9-19-12)16(10-17)15-5-3-2-4-14(15)13-6-7-13/h2-5,12-13,16H,6-11,17H2,1H3. The predicted molar refractivity (Wildman–Crippen MR) is 83.7 cm³/mol. The van der Waals surface area contributed by atoms with Crippen molar-refractivity contribution in [3.8, 4) is 0 Å². The van der Waals surface area contributed by atoms with Crippen molar-refractivity contribution in [2.75, 3.05) is 25.4 Å². The smallest absolute Gasteiger partial charge is 0.0474 e. The zero-order valence-electron chi connectivity index (χ0n) is 11.7. The molecule has 1 saturated heterocycles. The number of nitrogens with zero attached hydrogens (tertiary/aromatic N) is 1. The highest BCUT2D eigenvalue weighted by atomic mass is 32.2. The lowest BCUT2D eigenvalue weighted by Crippen LogP contribution is -2.42. The third-order valence-electron chi connectivity index (χ3n) is 4.31. The molecule has 0 radical (unpaired) electrons. The Hall–Kier alpha value is -0.510. The average molecular weight is 276 g/mol. The fourth-order valence-electron chi connectivity index (χ4n) is 3.18. The largest absolute Gasteiger partial charge is 0.329 e. The first-order valence-electron chi connectivity index (χ1n) is 7.44. The summed E-state index contributed by atoms with van der Waals surface area (Å²) in [4.78, 5) is 2.60. The Bertz CT molecular complexity index is 431. The Balaban J connectivity index is 1.85. The van der Waals surface area contributed by atoms with Gasteiger partial charge in [-0.05, 0) is 29.9 Å². The number of hydrogen-bond acceptors (Lipinski definition) is 3. The highest BCUT2D eigenvalue weighted by Gasteiger charge is 2.31. The Morgan fingerprint density at radius 2 is 2.16 bits per heavy atom. The van der Waals surface area contributed by atoms with Crippen LogP contribution in [0.5, 0.6) is 0 Å². The van der Waals surface area contributed by atoms with Gasteiger partial charge >= 0.3 is 0 Å². The maximum absolute atomic E-state index is 6.12. The lowest BCUT2D eigenvalue weighted by molar-refractivity contribution is 0.210. The van der Waals surface area contributed by atoms with Crippen LogP contribution in [0.25, 0.3) is 0 Å². The summed E-state index contributed by atoms with van der Waals surface area (Å²) in [5, 5.41) is 0.732. The number of thioether (sulfide) groups is 1. The summed E-state index contributed by atoms with van der Waals surface area (Å²) in [6.07, 6.45) is 2.72. The zero-order chi connectivity index (χ0) is 13.2. The van der Waals surface area contributed by atoms with E-state index in [0.717, 1.165) is 17.7 Å². The normalized spacial score (nSPS) is 26.3. The quantitative estimate of drug-likeness (QED) is 0.916. The van der Waals surface area contributed by atoms with Gasteiger partial charge in [0.05, 0.1) is 0 Å². The second-order valence-electron chi connectivity index (χ2n) is 5.83. The Labute approximate surface area is 120 Å². The molecule has 1 aliphatic carbocycles.